The zero-order valence-corrected chi connectivity index (χ0v) is 11.5. The molecule has 2 aromatic rings. The molecule has 8 nitrogen and oxygen atoms in total. The summed E-state index contributed by atoms with van der Waals surface area (Å²) in [5, 5.41) is 17.5. The molecule has 1 heterocycles. The smallest absolute Gasteiger partial charge is 0.356 e. The molecule has 0 aliphatic rings. The zero-order valence-electron chi connectivity index (χ0n) is 11.5. The van der Waals surface area contributed by atoms with Gasteiger partial charge in [0.2, 0.25) is 0 Å². The number of ether oxygens (including phenoxy) is 2. The summed E-state index contributed by atoms with van der Waals surface area (Å²) in [6, 6.07) is 5.95. The Labute approximate surface area is 119 Å². The van der Waals surface area contributed by atoms with Crippen molar-refractivity contribution in [2.24, 2.45) is 0 Å². The molecule has 0 unspecified atom stereocenters. The van der Waals surface area contributed by atoms with Crippen LogP contribution < -0.4 is 4.74 Å². The summed E-state index contributed by atoms with van der Waals surface area (Å²) in [7, 11) is 1.25. The van der Waals surface area contributed by atoms with Gasteiger partial charge >= 0.3 is 11.7 Å². The molecule has 0 aliphatic carbocycles. The van der Waals surface area contributed by atoms with Crippen molar-refractivity contribution in [2.45, 2.75) is 6.92 Å². The number of benzene rings is 1. The van der Waals surface area contributed by atoms with E-state index in [9.17, 15) is 14.9 Å². The number of aromatic nitrogens is 2. The molecule has 0 radical (unpaired) electrons. The molecule has 8 heteroatoms. The molecule has 0 bridgehead atoms. The third-order valence-corrected chi connectivity index (χ3v) is 2.73. The highest BCUT2D eigenvalue weighted by atomic mass is 16.6. The van der Waals surface area contributed by atoms with Gasteiger partial charge in [0.15, 0.2) is 5.75 Å². The number of rotatable bonds is 5. The van der Waals surface area contributed by atoms with Gasteiger partial charge in [-0.15, -0.1) is 0 Å². The van der Waals surface area contributed by atoms with Crippen molar-refractivity contribution in [2.75, 3.05) is 13.7 Å². The minimum Gasteiger partial charge on any atom is -0.487 e. The summed E-state index contributed by atoms with van der Waals surface area (Å²) in [5.74, 6) is -0.371. The number of nitrogens with zero attached hydrogens (tertiary/aromatic N) is 2. The molecular weight excluding hydrogens is 278 g/mol. The van der Waals surface area contributed by atoms with Crippen LogP contribution in [0.15, 0.2) is 24.3 Å². The first-order valence-corrected chi connectivity index (χ1v) is 6.12. The van der Waals surface area contributed by atoms with E-state index in [4.69, 9.17) is 4.74 Å². The van der Waals surface area contributed by atoms with Crippen LogP contribution in [0.3, 0.4) is 0 Å². The molecule has 21 heavy (non-hydrogen) atoms. The average molecular weight is 291 g/mol. The predicted molar refractivity (Wildman–Crippen MR) is 73.2 cm³/mol. The Morgan fingerprint density at radius 3 is 2.81 bits per heavy atom. The van der Waals surface area contributed by atoms with Crippen LogP contribution in [0.5, 0.6) is 5.75 Å². The first kappa shape index (κ1) is 14.5. The van der Waals surface area contributed by atoms with E-state index in [1.165, 1.54) is 25.3 Å². The van der Waals surface area contributed by atoms with Crippen molar-refractivity contribution in [3.05, 3.63) is 40.1 Å². The molecule has 0 saturated heterocycles. The highest BCUT2D eigenvalue weighted by molar-refractivity contribution is 5.88. The molecule has 1 N–H and O–H groups in total. The second kappa shape index (κ2) is 6.04. The molecule has 0 amide bonds. The van der Waals surface area contributed by atoms with E-state index in [1.54, 1.807) is 13.0 Å². The average Bonchev–Trinajstić information content (AvgIpc) is 2.96. The van der Waals surface area contributed by atoms with Gasteiger partial charge in [0.25, 0.3) is 0 Å². The minimum atomic E-state index is -0.561. The van der Waals surface area contributed by atoms with Gasteiger partial charge in [-0.05, 0) is 25.1 Å². The van der Waals surface area contributed by atoms with Crippen molar-refractivity contribution in [3.8, 4) is 17.0 Å². The van der Waals surface area contributed by atoms with Crippen molar-refractivity contribution in [3.63, 3.8) is 0 Å². The van der Waals surface area contributed by atoms with Gasteiger partial charge in [0, 0.05) is 11.6 Å². The number of nitrogens with one attached hydrogen (secondary N) is 1. The second-order valence-corrected chi connectivity index (χ2v) is 4.03. The molecule has 0 spiro atoms. The van der Waals surface area contributed by atoms with E-state index >= 15 is 0 Å². The topological polar surface area (TPSA) is 107 Å². The first-order chi connectivity index (χ1) is 10.1. The number of methoxy groups -OCH3 is 1. The summed E-state index contributed by atoms with van der Waals surface area (Å²) < 4.78 is 9.77. The quantitative estimate of drug-likeness (QED) is 0.514. The molecule has 1 aromatic heterocycles. The van der Waals surface area contributed by atoms with Crippen molar-refractivity contribution < 1.29 is 19.2 Å². The summed E-state index contributed by atoms with van der Waals surface area (Å²) in [6.45, 7) is 2.07. The van der Waals surface area contributed by atoms with E-state index in [2.05, 4.69) is 14.9 Å². The molecule has 0 fully saturated rings. The van der Waals surface area contributed by atoms with Gasteiger partial charge in [-0.25, -0.2) is 4.79 Å². The molecule has 110 valence electrons. The number of aromatic amines is 1. The Balaban J connectivity index is 2.40. The van der Waals surface area contributed by atoms with Crippen LogP contribution in [0.25, 0.3) is 11.3 Å². The Morgan fingerprint density at radius 2 is 2.19 bits per heavy atom. The standard InChI is InChI=1S/C13H13N3O5/c1-3-21-12-5-4-8(6-11(12)16(18)19)9-7-10(15-14-9)13(17)20-2/h4-7H,3H2,1-2H3,(H,14,15). The number of carbonyl (C=O) groups excluding carboxylic acids is 1. The molecular formula is C13H13N3O5. The maximum Gasteiger partial charge on any atom is 0.356 e. The summed E-state index contributed by atoms with van der Waals surface area (Å²) in [5.41, 5.74) is 0.916. The summed E-state index contributed by atoms with van der Waals surface area (Å²) >= 11 is 0. The summed E-state index contributed by atoms with van der Waals surface area (Å²) in [4.78, 5) is 21.9. The Hall–Kier alpha value is -2.90. The number of hydrogen-bond donors (Lipinski definition) is 1. The normalized spacial score (nSPS) is 10.2. The lowest BCUT2D eigenvalue weighted by Gasteiger charge is -2.05. The lowest BCUT2D eigenvalue weighted by atomic mass is 10.1. The van der Waals surface area contributed by atoms with E-state index in [0.29, 0.717) is 17.9 Å². The third-order valence-electron chi connectivity index (χ3n) is 2.73. The predicted octanol–water partition coefficient (Wildman–Crippen LogP) is 2.17. The van der Waals surface area contributed by atoms with Gasteiger partial charge in [0.1, 0.15) is 5.69 Å². The van der Waals surface area contributed by atoms with Crippen molar-refractivity contribution in [1.29, 1.82) is 0 Å². The second-order valence-electron chi connectivity index (χ2n) is 4.03. The molecule has 2 rings (SSSR count). The molecule has 0 aliphatic heterocycles. The maximum absolute atomic E-state index is 11.4. The highest BCUT2D eigenvalue weighted by Gasteiger charge is 2.18. The first-order valence-electron chi connectivity index (χ1n) is 6.12. The molecule has 0 atom stereocenters. The number of nitro groups is 1. The maximum atomic E-state index is 11.4. The third kappa shape index (κ3) is 2.99. The van der Waals surface area contributed by atoms with E-state index < -0.39 is 10.9 Å². The lowest BCUT2D eigenvalue weighted by molar-refractivity contribution is -0.385. The van der Waals surface area contributed by atoms with Crippen LogP contribution in [-0.4, -0.2) is 34.8 Å². The Morgan fingerprint density at radius 1 is 1.43 bits per heavy atom. The van der Waals surface area contributed by atoms with E-state index in [0.717, 1.165) is 0 Å². The molecule has 1 aromatic carbocycles. The van der Waals surface area contributed by atoms with E-state index in [-0.39, 0.29) is 17.1 Å². The number of nitro benzene ring substituents is 1. The zero-order chi connectivity index (χ0) is 15.4. The number of esters is 1. The highest BCUT2D eigenvalue weighted by Crippen LogP contribution is 2.31. The van der Waals surface area contributed by atoms with Crippen LogP contribution in [0, 0.1) is 10.1 Å². The van der Waals surface area contributed by atoms with Crippen LogP contribution in [-0.2, 0) is 4.74 Å². The largest absolute Gasteiger partial charge is 0.487 e. The minimum absolute atomic E-state index is 0.156. The number of carbonyl (C=O) groups is 1. The van der Waals surface area contributed by atoms with Gasteiger partial charge < -0.3 is 9.47 Å². The fourth-order valence-corrected chi connectivity index (χ4v) is 1.78. The molecule has 0 saturated carbocycles. The SMILES string of the molecule is CCOc1ccc(-c2cc(C(=O)OC)[nH]n2)cc1[N+](=O)[O-]. The van der Waals surface area contributed by atoms with Crippen LogP contribution in [0.4, 0.5) is 5.69 Å². The van der Waals surface area contributed by atoms with Gasteiger partial charge in [-0.2, -0.15) is 5.10 Å². The monoisotopic (exact) mass is 291 g/mol. The van der Waals surface area contributed by atoms with Gasteiger partial charge in [0.05, 0.1) is 24.3 Å². The Kier molecular flexibility index (Phi) is 4.17. The fraction of sp³-hybridized carbons (Fsp3) is 0.231. The van der Waals surface area contributed by atoms with Gasteiger partial charge in [-0.1, -0.05) is 0 Å². The van der Waals surface area contributed by atoms with E-state index in [1.807, 2.05) is 0 Å². The van der Waals surface area contributed by atoms with Crippen molar-refractivity contribution >= 4 is 11.7 Å². The Bertz CT molecular complexity index is 680. The number of H-pyrrole nitrogens is 1. The fourth-order valence-electron chi connectivity index (χ4n) is 1.78. The van der Waals surface area contributed by atoms with Crippen LogP contribution >= 0.6 is 0 Å². The van der Waals surface area contributed by atoms with Gasteiger partial charge in [-0.3, -0.25) is 15.2 Å². The van der Waals surface area contributed by atoms with Crippen molar-refractivity contribution in [1.82, 2.24) is 10.2 Å². The lowest BCUT2D eigenvalue weighted by Crippen LogP contribution is -2.00. The number of hydrogen-bond acceptors (Lipinski definition) is 6. The van der Waals surface area contributed by atoms with Crippen LogP contribution in [0.2, 0.25) is 0 Å². The van der Waals surface area contributed by atoms with Crippen LogP contribution in [0.1, 0.15) is 17.4 Å². The summed E-state index contributed by atoms with van der Waals surface area (Å²) in [6.07, 6.45) is 0.